The third-order valence-electron chi connectivity index (χ3n) is 3.55. The lowest BCUT2D eigenvalue weighted by Gasteiger charge is -2.06. The lowest BCUT2D eigenvalue weighted by atomic mass is 10.0. The monoisotopic (exact) mass is 267 g/mol. The Labute approximate surface area is 115 Å². The summed E-state index contributed by atoms with van der Waals surface area (Å²) < 4.78 is 0. The van der Waals surface area contributed by atoms with Crippen molar-refractivity contribution in [1.29, 1.82) is 0 Å². The first-order valence-electron chi connectivity index (χ1n) is 6.28. The van der Waals surface area contributed by atoms with Crippen molar-refractivity contribution >= 4 is 28.5 Å². The van der Waals surface area contributed by atoms with Crippen LogP contribution in [-0.4, -0.2) is 15.7 Å². The number of rotatable bonds is 1. The second-order valence-electron chi connectivity index (χ2n) is 4.80. The predicted octanol–water partition coefficient (Wildman–Crippen LogP) is 3.38. The standard InChI is InChI=1S/C15H13N3S/c16-9-5-6-12-13(7-9)18-15(17-12)11-8-19-14-4-2-1-3-10(11)14/h1-7,11H,8,16H2,(H,17,18). The Hall–Kier alpha value is -1.94. The number of imidazole rings is 1. The maximum atomic E-state index is 5.81. The minimum Gasteiger partial charge on any atom is -0.399 e. The fraction of sp³-hybridized carbons (Fsp3) is 0.133. The summed E-state index contributed by atoms with van der Waals surface area (Å²) in [5.41, 5.74) is 9.96. The second-order valence-corrected chi connectivity index (χ2v) is 5.86. The first-order valence-corrected chi connectivity index (χ1v) is 7.27. The molecule has 0 amide bonds. The quantitative estimate of drug-likeness (QED) is 0.664. The molecule has 3 N–H and O–H groups in total. The molecule has 1 aliphatic rings. The molecule has 0 radical (unpaired) electrons. The highest BCUT2D eigenvalue weighted by molar-refractivity contribution is 7.99. The average molecular weight is 267 g/mol. The number of hydrogen-bond donors (Lipinski definition) is 2. The van der Waals surface area contributed by atoms with Gasteiger partial charge in [-0.15, -0.1) is 11.8 Å². The van der Waals surface area contributed by atoms with Crippen LogP contribution in [0, 0.1) is 0 Å². The van der Waals surface area contributed by atoms with Gasteiger partial charge in [-0.1, -0.05) is 18.2 Å². The lowest BCUT2D eigenvalue weighted by molar-refractivity contribution is 0.859. The van der Waals surface area contributed by atoms with Gasteiger partial charge < -0.3 is 10.7 Å². The smallest absolute Gasteiger partial charge is 0.115 e. The second kappa shape index (κ2) is 4.03. The van der Waals surface area contributed by atoms with Crippen LogP contribution in [-0.2, 0) is 0 Å². The normalized spacial score (nSPS) is 17.8. The summed E-state index contributed by atoms with van der Waals surface area (Å²) in [4.78, 5) is 9.49. The fourth-order valence-corrected chi connectivity index (χ4v) is 3.84. The summed E-state index contributed by atoms with van der Waals surface area (Å²) in [5, 5.41) is 0. The first kappa shape index (κ1) is 10.9. The average Bonchev–Trinajstić information content (AvgIpc) is 3.00. The van der Waals surface area contributed by atoms with E-state index in [4.69, 9.17) is 10.7 Å². The van der Waals surface area contributed by atoms with Crippen LogP contribution in [0.1, 0.15) is 17.3 Å². The van der Waals surface area contributed by atoms with Gasteiger partial charge in [0.1, 0.15) is 5.82 Å². The maximum Gasteiger partial charge on any atom is 0.115 e. The van der Waals surface area contributed by atoms with E-state index in [9.17, 15) is 0 Å². The van der Waals surface area contributed by atoms with Crippen LogP contribution in [0.2, 0.25) is 0 Å². The van der Waals surface area contributed by atoms with Gasteiger partial charge in [0, 0.05) is 16.3 Å². The largest absolute Gasteiger partial charge is 0.399 e. The molecular formula is C15H13N3S. The van der Waals surface area contributed by atoms with Crippen molar-refractivity contribution in [1.82, 2.24) is 9.97 Å². The van der Waals surface area contributed by atoms with Crippen molar-refractivity contribution in [3.05, 3.63) is 53.9 Å². The van der Waals surface area contributed by atoms with Crippen molar-refractivity contribution in [2.75, 3.05) is 11.5 Å². The number of H-pyrrole nitrogens is 1. The zero-order valence-electron chi connectivity index (χ0n) is 10.3. The molecule has 1 atom stereocenters. The number of hydrogen-bond acceptors (Lipinski definition) is 3. The summed E-state index contributed by atoms with van der Waals surface area (Å²) in [7, 11) is 0. The van der Waals surface area contributed by atoms with E-state index >= 15 is 0 Å². The summed E-state index contributed by atoms with van der Waals surface area (Å²) in [6, 6.07) is 14.4. The number of benzene rings is 2. The molecule has 19 heavy (non-hydrogen) atoms. The van der Waals surface area contributed by atoms with Gasteiger partial charge in [0.05, 0.1) is 17.0 Å². The summed E-state index contributed by atoms with van der Waals surface area (Å²) in [6.07, 6.45) is 0. The molecule has 0 fully saturated rings. The molecule has 4 rings (SSSR count). The number of anilines is 1. The number of aromatic nitrogens is 2. The number of fused-ring (bicyclic) bond motifs is 2. The predicted molar refractivity (Wildman–Crippen MR) is 79.5 cm³/mol. The van der Waals surface area contributed by atoms with Gasteiger partial charge in [-0.3, -0.25) is 0 Å². The molecule has 2 heterocycles. The third-order valence-corrected chi connectivity index (χ3v) is 4.74. The van der Waals surface area contributed by atoms with E-state index in [0.29, 0.717) is 5.92 Å². The molecule has 0 bridgehead atoms. The molecule has 0 saturated heterocycles. The van der Waals surface area contributed by atoms with Crippen molar-refractivity contribution < 1.29 is 0 Å². The number of nitrogens with one attached hydrogen (secondary N) is 1. The van der Waals surface area contributed by atoms with Crippen molar-refractivity contribution in [2.45, 2.75) is 10.8 Å². The fourth-order valence-electron chi connectivity index (χ4n) is 2.60. The highest BCUT2D eigenvalue weighted by atomic mass is 32.2. The highest BCUT2D eigenvalue weighted by Crippen LogP contribution is 2.42. The Kier molecular flexibility index (Phi) is 2.32. The minimum absolute atomic E-state index is 0.356. The van der Waals surface area contributed by atoms with Crippen LogP contribution < -0.4 is 5.73 Å². The minimum atomic E-state index is 0.356. The van der Waals surface area contributed by atoms with Crippen LogP contribution >= 0.6 is 11.8 Å². The molecule has 0 spiro atoms. The number of aromatic amines is 1. The van der Waals surface area contributed by atoms with E-state index in [-0.39, 0.29) is 0 Å². The van der Waals surface area contributed by atoms with Gasteiger partial charge in [-0.25, -0.2) is 4.98 Å². The molecule has 1 unspecified atom stereocenters. The van der Waals surface area contributed by atoms with Crippen LogP contribution in [0.4, 0.5) is 5.69 Å². The Morgan fingerprint density at radius 3 is 3.05 bits per heavy atom. The summed E-state index contributed by atoms with van der Waals surface area (Å²) >= 11 is 1.90. The lowest BCUT2D eigenvalue weighted by Crippen LogP contribution is -2.01. The van der Waals surface area contributed by atoms with Crippen LogP contribution in [0.15, 0.2) is 47.4 Å². The molecule has 0 aliphatic carbocycles. The van der Waals surface area contributed by atoms with Gasteiger partial charge in [-0.05, 0) is 29.8 Å². The van der Waals surface area contributed by atoms with Gasteiger partial charge in [0.25, 0.3) is 0 Å². The van der Waals surface area contributed by atoms with Gasteiger partial charge in [0.15, 0.2) is 0 Å². The molecule has 1 aliphatic heterocycles. The Morgan fingerprint density at radius 2 is 2.11 bits per heavy atom. The third kappa shape index (κ3) is 1.71. The zero-order valence-corrected chi connectivity index (χ0v) is 11.1. The number of nitrogen functional groups attached to an aromatic ring is 1. The van der Waals surface area contributed by atoms with E-state index in [0.717, 1.165) is 28.3 Å². The Balaban J connectivity index is 1.83. The van der Waals surface area contributed by atoms with Crippen LogP contribution in [0.5, 0.6) is 0 Å². The molecule has 1 aromatic heterocycles. The molecule has 3 nitrogen and oxygen atoms in total. The molecule has 4 heteroatoms. The molecule has 94 valence electrons. The first-order chi connectivity index (χ1) is 9.31. The van der Waals surface area contributed by atoms with Crippen LogP contribution in [0.3, 0.4) is 0 Å². The number of nitrogens with zero attached hydrogens (tertiary/aromatic N) is 1. The van der Waals surface area contributed by atoms with E-state index in [2.05, 4.69) is 29.2 Å². The van der Waals surface area contributed by atoms with Gasteiger partial charge in [0.2, 0.25) is 0 Å². The summed E-state index contributed by atoms with van der Waals surface area (Å²) in [6.45, 7) is 0. The van der Waals surface area contributed by atoms with E-state index < -0.39 is 0 Å². The van der Waals surface area contributed by atoms with Crippen LogP contribution in [0.25, 0.3) is 11.0 Å². The molecule has 2 aromatic carbocycles. The van der Waals surface area contributed by atoms with Crippen molar-refractivity contribution in [3.8, 4) is 0 Å². The van der Waals surface area contributed by atoms with E-state index in [1.807, 2.05) is 30.0 Å². The molecule has 0 saturated carbocycles. The molecular weight excluding hydrogens is 254 g/mol. The highest BCUT2D eigenvalue weighted by Gasteiger charge is 2.26. The topological polar surface area (TPSA) is 54.7 Å². The Morgan fingerprint density at radius 1 is 1.21 bits per heavy atom. The molecule has 3 aromatic rings. The maximum absolute atomic E-state index is 5.81. The van der Waals surface area contributed by atoms with Gasteiger partial charge in [-0.2, -0.15) is 0 Å². The van der Waals surface area contributed by atoms with E-state index in [1.54, 1.807) is 0 Å². The SMILES string of the molecule is Nc1ccc2nc(C3CSc4ccccc43)[nH]c2c1. The Bertz CT molecular complexity index is 763. The van der Waals surface area contributed by atoms with E-state index in [1.165, 1.54) is 10.5 Å². The van der Waals surface area contributed by atoms with Crippen molar-refractivity contribution in [3.63, 3.8) is 0 Å². The number of nitrogens with two attached hydrogens (primary N) is 1. The van der Waals surface area contributed by atoms with Crippen molar-refractivity contribution in [2.24, 2.45) is 0 Å². The number of thioether (sulfide) groups is 1. The zero-order chi connectivity index (χ0) is 12.8. The van der Waals surface area contributed by atoms with Gasteiger partial charge >= 0.3 is 0 Å². The summed E-state index contributed by atoms with van der Waals surface area (Å²) in [5.74, 6) is 2.45.